The van der Waals surface area contributed by atoms with Gasteiger partial charge in [-0.15, -0.1) is 11.3 Å². The van der Waals surface area contributed by atoms with E-state index in [9.17, 15) is 9.59 Å². The van der Waals surface area contributed by atoms with Crippen molar-refractivity contribution >= 4 is 33.5 Å². The van der Waals surface area contributed by atoms with Crippen LogP contribution in [0.1, 0.15) is 0 Å². The lowest BCUT2D eigenvalue weighted by Crippen LogP contribution is -2.26. The molecular formula is C21H17N3O3S. The van der Waals surface area contributed by atoms with Gasteiger partial charge in [0.05, 0.1) is 18.2 Å². The molecule has 2 aromatic heterocycles. The van der Waals surface area contributed by atoms with Gasteiger partial charge in [0.2, 0.25) is 5.95 Å². The molecule has 4 aromatic rings. The Labute approximate surface area is 165 Å². The summed E-state index contributed by atoms with van der Waals surface area (Å²) >= 11 is 1.40. The van der Waals surface area contributed by atoms with Crippen molar-refractivity contribution in [1.82, 2.24) is 9.55 Å². The summed E-state index contributed by atoms with van der Waals surface area (Å²) < 4.78 is 6.17. The smallest absolute Gasteiger partial charge is 0.325 e. The summed E-state index contributed by atoms with van der Waals surface area (Å²) in [6.45, 7) is -0.0851. The van der Waals surface area contributed by atoms with Gasteiger partial charge in [-0.3, -0.25) is 9.59 Å². The Morgan fingerprint density at radius 2 is 1.79 bits per heavy atom. The number of para-hydroxylation sites is 1. The minimum Gasteiger partial charge on any atom is -0.468 e. The summed E-state index contributed by atoms with van der Waals surface area (Å²) in [4.78, 5) is 30.3. The first-order valence-electron chi connectivity index (χ1n) is 8.65. The lowest BCUT2D eigenvalue weighted by Gasteiger charge is -2.13. The second kappa shape index (κ2) is 7.66. The number of rotatable bonds is 5. The Morgan fingerprint density at radius 1 is 1.11 bits per heavy atom. The molecule has 2 heterocycles. The predicted octanol–water partition coefficient (Wildman–Crippen LogP) is 3.70. The number of nitrogens with one attached hydrogen (secondary N) is 1. The number of hydrogen-bond donors (Lipinski definition) is 1. The van der Waals surface area contributed by atoms with Gasteiger partial charge in [-0.25, -0.2) is 9.55 Å². The molecule has 0 fully saturated rings. The number of aromatic nitrogens is 2. The van der Waals surface area contributed by atoms with Crippen LogP contribution in [0.2, 0.25) is 0 Å². The molecule has 7 heteroatoms. The molecule has 0 bridgehead atoms. The molecule has 0 saturated carbocycles. The van der Waals surface area contributed by atoms with Crippen LogP contribution >= 0.6 is 11.3 Å². The fraction of sp³-hybridized carbons (Fsp3) is 0.0952. The van der Waals surface area contributed by atoms with Gasteiger partial charge in [-0.05, 0) is 17.7 Å². The maximum atomic E-state index is 13.5. The normalized spacial score (nSPS) is 10.8. The SMILES string of the molecule is COC(=O)CNc1nc2scc(-c3ccccc3)c2c(=O)n1-c1ccccc1. The van der Waals surface area contributed by atoms with E-state index in [1.807, 2.05) is 66.0 Å². The van der Waals surface area contributed by atoms with Gasteiger partial charge in [-0.1, -0.05) is 48.5 Å². The van der Waals surface area contributed by atoms with E-state index in [2.05, 4.69) is 15.0 Å². The molecule has 0 aliphatic heterocycles. The van der Waals surface area contributed by atoms with Crippen molar-refractivity contribution in [2.24, 2.45) is 0 Å². The zero-order valence-electron chi connectivity index (χ0n) is 15.1. The maximum absolute atomic E-state index is 13.5. The fourth-order valence-electron chi connectivity index (χ4n) is 2.98. The van der Waals surface area contributed by atoms with Crippen molar-refractivity contribution < 1.29 is 9.53 Å². The van der Waals surface area contributed by atoms with Crippen LogP contribution in [0.15, 0.2) is 70.8 Å². The van der Waals surface area contributed by atoms with Gasteiger partial charge in [0.25, 0.3) is 5.56 Å². The lowest BCUT2D eigenvalue weighted by molar-refractivity contribution is -0.138. The summed E-state index contributed by atoms with van der Waals surface area (Å²) in [5, 5.41) is 5.43. The van der Waals surface area contributed by atoms with Gasteiger partial charge in [0, 0.05) is 10.9 Å². The van der Waals surface area contributed by atoms with Crippen LogP contribution in [0.25, 0.3) is 27.0 Å². The van der Waals surface area contributed by atoms with E-state index in [0.29, 0.717) is 21.9 Å². The van der Waals surface area contributed by atoms with Gasteiger partial charge in [0.1, 0.15) is 11.4 Å². The van der Waals surface area contributed by atoms with Crippen molar-refractivity contribution in [3.63, 3.8) is 0 Å². The number of esters is 1. The van der Waals surface area contributed by atoms with E-state index in [-0.39, 0.29) is 12.1 Å². The molecule has 0 amide bonds. The van der Waals surface area contributed by atoms with Crippen molar-refractivity contribution in [3.8, 4) is 16.8 Å². The molecule has 0 unspecified atom stereocenters. The Morgan fingerprint density at radius 3 is 2.46 bits per heavy atom. The van der Waals surface area contributed by atoms with Gasteiger partial charge < -0.3 is 10.1 Å². The van der Waals surface area contributed by atoms with E-state index in [0.717, 1.165) is 11.1 Å². The Balaban J connectivity index is 1.94. The van der Waals surface area contributed by atoms with Crippen LogP contribution in [0.5, 0.6) is 0 Å². The highest BCUT2D eigenvalue weighted by Crippen LogP contribution is 2.32. The molecule has 0 saturated heterocycles. The molecular weight excluding hydrogens is 374 g/mol. The largest absolute Gasteiger partial charge is 0.468 e. The molecule has 2 aromatic carbocycles. The third-order valence-electron chi connectivity index (χ3n) is 4.33. The zero-order chi connectivity index (χ0) is 19.5. The number of nitrogens with zero attached hydrogens (tertiary/aromatic N) is 2. The van der Waals surface area contributed by atoms with Crippen LogP contribution in [0.4, 0.5) is 5.95 Å². The zero-order valence-corrected chi connectivity index (χ0v) is 15.9. The summed E-state index contributed by atoms with van der Waals surface area (Å²) in [7, 11) is 1.32. The average Bonchev–Trinajstić information content (AvgIpc) is 3.17. The second-order valence-electron chi connectivity index (χ2n) is 6.04. The van der Waals surface area contributed by atoms with Crippen LogP contribution in [-0.4, -0.2) is 29.2 Å². The molecule has 1 N–H and O–H groups in total. The van der Waals surface area contributed by atoms with Crippen molar-refractivity contribution in [3.05, 3.63) is 76.4 Å². The van der Waals surface area contributed by atoms with E-state index < -0.39 is 5.97 Å². The monoisotopic (exact) mass is 391 g/mol. The maximum Gasteiger partial charge on any atom is 0.325 e. The molecule has 0 aliphatic carbocycles. The molecule has 0 spiro atoms. The van der Waals surface area contributed by atoms with Gasteiger partial charge >= 0.3 is 5.97 Å². The minimum atomic E-state index is -0.440. The van der Waals surface area contributed by atoms with Crippen molar-refractivity contribution in [2.75, 3.05) is 19.0 Å². The molecule has 4 rings (SSSR count). The first kappa shape index (κ1) is 17.9. The summed E-state index contributed by atoms with van der Waals surface area (Å²) in [5.74, 6) is -0.138. The van der Waals surface area contributed by atoms with Crippen LogP contribution in [-0.2, 0) is 9.53 Å². The second-order valence-corrected chi connectivity index (χ2v) is 6.89. The summed E-state index contributed by atoms with van der Waals surface area (Å²) in [5.41, 5.74) is 2.29. The highest BCUT2D eigenvalue weighted by molar-refractivity contribution is 7.17. The van der Waals surface area contributed by atoms with Crippen molar-refractivity contribution in [1.29, 1.82) is 0 Å². The number of methoxy groups -OCH3 is 1. The van der Waals surface area contributed by atoms with Crippen molar-refractivity contribution in [2.45, 2.75) is 0 Å². The van der Waals surface area contributed by atoms with Gasteiger partial charge in [-0.2, -0.15) is 0 Å². The topological polar surface area (TPSA) is 73.2 Å². The number of ether oxygens (including phenoxy) is 1. The highest BCUT2D eigenvalue weighted by atomic mass is 32.1. The Kier molecular flexibility index (Phi) is 4.90. The summed E-state index contributed by atoms with van der Waals surface area (Å²) in [6, 6.07) is 19.0. The molecule has 0 aliphatic rings. The Bertz CT molecular complexity index is 1180. The van der Waals surface area contributed by atoms with Crippen LogP contribution in [0.3, 0.4) is 0 Å². The number of anilines is 1. The average molecular weight is 391 g/mol. The van der Waals surface area contributed by atoms with E-state index in [1.54, 1.807) is 0 Å². The predicted molar refractivity (Wildman–Crippen MR) is 111 cm³/mol. The standard InChI is InChI=1S/C21H17N3O3S/c1-27-17(25)12-22-21-23-19-18(16(13-28-19)14-8-4-2-5-9-14)20(26)24(21)15-10-6-3-7-11-15/h2-11,13H,12H2,1H3,(H,22,23). The quantitative estimate of drug-likeness (QED) is 0.525. The third-order valence-corrected chi connectivity index (χ3v) is 5.20. The number of carbonyl (C=O) groups excluding carboxylic acids is 1. The minimum absolute atomic E-state index is 0.0851. The molecule has 0 atom stereocenters. The number of carbonyl (C=O) groups is 1. The molecule has 28 heavy (non-hydrogen) atoms. The van der Waals surface area contributed by atoms with Crippen LogP contribution in [0, 0.1) is 0 Å². The fourth-order valence-corrected chi connectivity index (χ4v) is 3.92. The number of hydrogen-bond acceptors (Lipinski definition) is 6. The number of benzene rings is 2. The van der Waals surface area contributed by atoms with E-state index in [1.165, 1.54) is 23.0 Å². The first-order chi connectivity index (χ1) is 13.7. The highest BCUT2D eigenvalue weighted by Gasteiger charge is 2.18. The molecule has 6 nitrogen and oxygen atoms in total. The van der Waals surface area contributed by atoms with E-state index in [4.69, 9.17) is 0 Å². The lowest BCUT2D eigenvalue weighted by atomic mass is 10.1. The Hall–Kier alpha value is -3.45. The number of thiophene rings is 1. The summed E-state index contributed by atoms with van der Waals surface area (Å²) in [6.07, 6.45) is 0. The number of fused-ring (bicyclic) bond motifs is 1. The van der Waals surface area contributed by atoms with Crippen LogP contribution < -0.4 is 10.9 Å². The van der Waals surface area contributed by atoms with E-state index >= 15 is 0 Å². The third kappa shape index (κ3) is 3.27. The molecule has 0 radical (unpaired) electrons. The molecule has 140 valence electrons. The first-order valence-corrected chi connectivity index (χ1v) is 9.53. The van der Waals surface area contributed by atoms with Gasteiger partial charge in [0.15, 0.2) is 0 Å².